The van der Waals surface area contributed by atoms with Crippen molar-refractivity contribution in [3.63, 3.8) is 0 Å². The lowest BCUT2D eigenvalue weighted by Crippen LogP contribution is -2.55. The Morgan fingerprint density at radius 1 is 0.878 bits per heavy atom. The van der Waals surface area contributed by atoms with Gasteiger partial charge in [-0.2, -0.15) is 0 Å². The van der Waals surface area contributed by atoms with Crippen molar-refractivity contribution in [3.8, 4) is 0 Å². The largest absolute Gasteiger partial charge is 0.350 e. The van der Waals surface area contributed by atoms with Crippen molar-refractivity contribution in [3.05, 3.63) is 92.4 Å². The summed E-state index contributed by atoms with van der Waals surface area (Å²) < 4.78 is 28.7. The van der Waals surface area contributed by atoms with Gasteiger partial charge in [-0.25, -0.2) is 8.42 Å². The van der Waals surface area contributed by atoms with Crippen LogP contribution in [0, 0.1) is 0 Å². The SMILES string of the molecule is CCC(C(=O)NC(C)(C)C)N(Cc1c(Cl)cccc1Cl)C(=O)CN(c1cc(Cl)cc(Cl)c1)S(=O)(=O)c1ccccc1. The molecule has 7 nitrogen and oxygen atoms in total. The van der Waals surface area contributed by atoms with Crippen LogP contribution in [-0.4, -0.2) is 43.3 Å². The van der Waals surface area contributed by atoms with Crippen molar-refractivity contribution in [1.29, 1.82) is 0 Å². The third kappa shape index (κ3) is 8.52. The molecule has 0 aliphatic carbocycles. The van der Waals surface area contributed by atoms with Crippen molar-refractivity contribution in [1.82, 2.24) is 10.2 Å². The zero-order valence-corrected chi connectivity index (χ0v) is 26.8. The van der Waals surface area contributed by atoms with Gasteiger partial charge < -0.3 is 10.2 Å². The average molecular weight is 659 g/mol. The van der Waals surface area contributed by atoms with Gasteiger partial charge >= 0.3 is 0 Å². The number of nitrogens with one attached hydrogen (secondary N) is 1. The van der Waals surface area contributed by atoms with Crippen molar-refractivity contribution in [2.75, 3.05) is 10.8 Å². The Morgan fingerprint density at radius 3 is 1.95 bits per heavy atom. The van der Waals surface area contributed by atoms with Crippen molar-refractivity contribution in [2.45, 2.75) is 57.1 Å². The number of carbonyl (C=O) groups excluding carboxylic acids is 2. The maximum atomic E-state index is 14.2. The van der Waals surface area contributed by atoms with Gasteiger partial charge in [0.15, 0.2) is 0 Å². The topological polar surface area (TPSA) is 86.8 Å². The number of carbonyl (C=O) groups is 2. The van der Waals surface area contributed by atoms with Crippen LogP contribution in [0.5, 0.6) is 0 Å². The highest BCUT2D eigenvalue weighted by Gasteiger charge is 2.35. The normalized spacial score (nSPS) is 12.5. The number of halogens is 4. The van der Waals surface area contributed by atoms with E-state index in [0.717, 1.165) is 4.31 Å². The van der Waals surface area contributed by atoms with Crippen LogP contribution in [0.4, 0.5) is 5.69 Å². The van der Waals surface area contributed by atoms with Gasteiger partial charge in [-0.05, 0) is 69.7 Å². The van der Waals surface area contributed by atoms with Crippen molar-refractivity contribution >= 4 is 73.9 Å². The third-order valence-corrected chi connectivity index (χ3v) is 8.95. The van der Waals surface area contributed by atoms with Crippen molar-refractivity contribution < 1.29 is 18.0 Å². The molecule has 0 aliphatic rings. The molecule has 3 aromatic rings. The fourth-order valence-corrected chi connectivity index (χ4v) is 6.61. The van der Waals surface area contributed by atoms with Gasteiger partial charge in [-0.1, -0.05) is 77.6 Å². The molecule has 0 radical (unpaired) electrons. The predicted octanol–water partition coefficient (Wildman–Crippen LogP) is 7.22. The number of nitrogens with zero attached hydrogens (tertiary/aromatic N) is 2. The molecule has 3 rings (SSSR count). The van der Waals surface area contributed by atoms with Gasteiger partial charge in [0.05, 0.1) is 10.6 Å². The Balaban J connectivity index is 2.14. The molecule has 3 aromatic carbocycles. The second-order valence-corrected chi connectivity index (χ2v) is 13.9. The van der Waals surface area contributed by atoms with E-state index in [4.69, 9.17) is 46.4 Å². The summed E-state index contributed by atoms with van der Waals surface area (Å²) in [6, 6.07) is 15.9. The number of anilines is 1. The summed E-state index contributed by atoms with van der Waals surface area (Å²) in [4.78, 5) is 28.8. The Hall–Kier alpha value is -2.49. The minimum absolute atomic E-state index is 0.0397. The molecule has 1 atom stereocenters. The number of hydrogen-bond donors (Lipinski definition) is 1. The highest BCUT2D eigenvalue weighted by atomic mass is 35.5. The fraction of sp³-hybridized carbons (Fsp3) is 0.310. The minimum Gasteiger partial charge on any atom is -0.350 e. The van der Waals surface area contributed by atoms with E-state index < -0.39 is 40.0 Å². The molecule has 0 spiro atoms. The first-order valence-corrected chi connectivity index (χ1v) is 15.7. The van der Waals surface area contributed by atoms with Gasteiger partial charge in [0.25, 0.3) is 10.0 Å². The number of hydrogen-bond acceptors (Lipinski definition) is 4. The second kappa shape index (κ2) is 13.7. The molecule has 0 aliphatic heterocycles. The Labute approximate surface area is 261 Å². The monoisotopic (exact) mass is 657 g/mol. The van der Waals surface area contributed by atoms with Crippen LogP contribution in [0.1, 0.15) is 39.7 Å². The number of rotatable bonds is 10. The van der Waals surface area contributed by atoms with E-state index in [1.165, 1.54) is 35.2 Å². The van der Waals surface area contributed by atoms with E-state index in [-0.39, 0.29) is 33.6 Å². The van der Waals surface area contributed by atoms with Gasteiger partial charge in [0.2, 0.25) is 11.8 Å². The quantitative estimate of drug-likeness (QED) is 0.249. The molecule has 0 fully saturated rings. The molecule has 41 heavy (non-hydrogen) atoms. The van der Waals surface area contributed by atoms with E-state index in [1.807, 2.05) is 20.8 Å². The van der Waals surface area contributed by atoms with Crippen LogP contribution in [0.15, 0.2) is 71.6 Å². The first-order valence-electron chi connectivity index (χ1n) is 12.7. The molecule has 0 saturated heterocycles. The summed E-state index contributed by atoms with van der Waals surface area (Å²) in [7, 11) is -4.27. The average Bonchev–Trinajstić information content (AvgIpc) is 2.87. The van der Waals surface area contributed by atoms with Gasteiger partial charge in [-0.15, -0.1) is 0 Å². The summed E-state index contributed by atoms with van der Waals surface area (Å²) >= 11 is 25.3. The van der Waals surface area contributed by atoms with Crippen LogP contribution in [-0.2, 0) is 26.2 Å². The lowest BCUT2D eigenvalue weighted by atomic mass is 10.1. The standard InChI is InChI=1S/C29H31Cl4N3O4S/c1-5-26(28(38)34-29(2,3)4)35(17-23-24(32)12-9-13-25(23)33)27(37)18-36(21-15-19(30)14-20(31)16-21)41(39,40)22-10-7-6-8-11-22/h6-16,26H,5,17-18H2,1-4H3,(H,34,38). The van der Waals surface area contributed by atoms with Crippen LogP contribution < -0.4 is 9.62 Å². The zero-order valence-electron chi connectivity index (χ0n) is 23.0. The van der Waals surface area contributed by atoms with Crippen LogP contribution >= 0.6 is 46.4 Å². The molecule has 0 aromatic heterocycles. The Morgan fingerprint density at radius 2 is 1.44 bits per heavy atom. The zero-order chi connectivity index (χ0) is 30.5. The molecule has 2 amide bonds. The summed E-state index contributed by atoms with van der Waals surface area (Å²) in [5.41, 5.74) is -0.0707. The summed E-state index contributed by atoms with van der Waals surface area (Å²) in [6.45, 7) is 6.44. The highest BCUT2D eigenvalue weighted by molar-refractivity contribution is 7.92. The summed E-state index contributed by atoms with van der Waals surface area (Å²) in [5, 5.41) is 3.88. The lowest BCUT2D eigenvalue weighted by Gasteiger charge is -2.35. The smallest absolute Gasteiger partial charge is 0.264 e. The number of sulfonamides is 1. The molecular weight excluding hydrogens is 628 g/mol. The first kappa shape index (κ1) is 33.0. The van der Waals surface area contributed by atoms with E-state index in [0.29, 0.717) is 15.6 Å². The second-order valence-electron chi connectivity index (χ2n) is 10.3. The maximum Gasteiger partial charge on any atom is 0.264 e. The fourth-order valence-electron chi connectivity index (χ4n) is 4.16. The third-order valence-electron chi connectivity index (χ3n) is 6.02. The first-order chi connectivity index (χ1) is 19.1. The highest BCUT2D eigenvalue weighted by Crippen LogP contribution is 2.31. The summed E-state index contributed by atoms with van der Waals surface area (Å²) in [5.74, 6) is -1.06. The van der Waals surface area contributed by atoms with Crippen LogP contribution in [0.2, 0.25) is 20.1 Å². The van der Waals surface area contributed by atoms with E-state index in [9.17, 15) is 18.0 Å². The molecule has 12 heteroatoms. The molecule has 0 bridgehead atoms. The molecular formula is C29H31Cl4N3O4S. The van der Waals surface area contributed by atoms with Gasteiger partial charge in [-0.3, -0.25) is 13.9 Å². The van der Waals surface area contributed by atoms with E-state index in [1.54, 1.807) is 43.3 Å². The van der Waals surface area contributed by atoms with Crippen LogP contribution in [0.25, 0.3) is 0 Å². The Kier molecular flexibility index (Phi) is 11.0. The molecule has 0 saturated carbocycles. The minimum atomic E-state index is -4.27. The van der Waals surface area contributed by atoms with Crippen LogP contribution in [0.3, 0.4) is 0 Å². The van der Waals surface area contributed by atoms with Gasteiger partial charge in [0, 0.05) is 37.7 Å². The number of benzene rings is 3. The Bertz CT molecular complexity index is 1470. The van der Waals surface area contributed by atoms with E-state index in [2.05, 4.69) is 5.32 Å². The molecule has 1 unspecified atom stereocenters. The predicted molar refractivity (Wildman–Crippen MR) is 166 cm³/mol. The maximum absolute atomic E-state index is 14.2. The van der Waals surface area contributed by atoms with Crippen molar-refractivity contribution in [2.24, 2.45) is 0 Å². The van der Waals surface area contributed by atoms with Gasteiger partial charge in [0.1, 0.15) is 12.6 Å². The molecule has 1 N–H and O–H groups in total. The van der Waals surface area contributed by atoms with E-state index >= 15 is 0 Å². The lowest BCUT2D eigenvalue weighted by molar-refractivity contribution is -0.141. The molecule has 220 valence electrons. The number of amides is 2. The molecule has 0 heterocycles. The summed E-state index contributed by atoms with van der Waals surface area (Å²) in [6.07, 6.45) is 0.240.